The molecule has 3 aliphatic heterocycles. The lowest BCUT2D eigenvalue weighted by molar-refractivity contribution is -0.313. The summed E-state index contributed by atoms with van der Waals surface area (Å²) in [6.07, 6.45) is 2.96. The van der Waals surface area contributed by atoms with Gasteiger partial charge in [-0.25, -0.2) is 0 Å². The molecule has 2 bridgehead atoms. The third-order valence-electron chi connectivity index (χ3n) is 4.75. The van der Waals surface area contributed by atoms with Crippen LogP contribution in [0.5, 0.6) is 5.75 Å². The number of carboxylic acids is 1. The van der Waals surface area contributed by atoms with Crippen LogP contribution in [0.4, 0.5) is 5.69 Å². The molecule has 3 heterocycles. The summed E-state index contributed by atoms with van der Waals surface area (Å²) >= 11 is 0. The van der Waals surface area contributed by atoms with Crippen LogP contribution < -0.4 is 14.7 Å². The molecule has 2 fully saturated rings. The Morgan fingerprint density at radius 1 is 1.45 bits per heavy atom. The fourth-order valence-corrected chi connectivity index (χ4v) is 3.82. The molecule has 6 heteroatoms. The van der Waals surface area contributed by atoms with Crippen molar-refractivity contribution in [3.63, 3.8) is 0 Å². The number of methoxy groups -OCH3 is 1. The summed E-state index contributed by atoms with van der Waals surface area (Å²) in [4.78, 5) is 25.8. The summed E-state index contributed by atoms with van der Waals surface area (Å²) in [5, 5.41) is 11.4. The monoisotopic (exact) mass is 300 g/mol. The number of carboxylic acid groups (broad SMARTS) is 1. The summed E-state index contributed by atoms with van der Waals surface area (Å²) in [6, 6.07) is 7.16. The number of fused-ring (bicyclic) bond motifs is 1. The Morgan fingerprint density at radius 3 is 2.95 bits per heavy atom. The van der Waals surface area contributed by atoms with E-state index < -0.39 is 29.5 Å². The van der Waals surface area contributed by atoms with Crippen LogP contribution >= 0.6 is 0 Å². The quantitative estimate of drug-likeness (QED) is 0.718. The molecule has 4 rings (SSSR count). The third kappa shape index (κ3) is 1.53. The lowest BCUT2D eigenvalue weighted by atomic mass is 9.77. The van der Waals surface area contributed by atoms with Crippen LogP contribution in [0.25, 0.3) is 0 Å². The first kappa shape index (κ1) is 13.3. The minimum Gasteiger partial charge on any atom is -0.550 e. The number of benzene rings is 1. The van der Waals surface area contributed by atoms with E-state index in [4.69, 9.17) is 9.47 Å². The maximum Gasteiger partial charge on any atom is 0.234 e. The van der Waals surface area contributed by atoms with Crippen molar-refractivity contribution in [2.24, 2.45) is 11.8 Å². The third-order valence-corrected chi connectivity index (χ3v) is 4.75. The first-order chi connectivity index (χ1) is 10.6. The number of anilines is 1. The second-order valence-corrected chi connectivity index (χ2v) is 5.82. The zero-order chi connectivity index (χ0) is 15.5. The molecule has 6 nitrogen and oxygen atoms in total. The molecule has 0 saturated carbocycles. The molecule has 0 N–H and O–H groups in total. The van der Waals surface area contributed by atoms with Gasteiger partial charge in [-0.3, -0.25) is 4.79 Å². The summed E-state index contributed by atoms with van der Waals surface area (Å²) < 4.78 is 11.1. The summed E-state index contributed by atoms with van der Waals surface area (Å²) in [7, 11) is 1.53. The number of amides is 1. The van der Waals surface area contributed by atoms with Crippen LogP contribution in [-0.4, -0.2) is 37.2 Å². The lowest BCUT2D eigenvalue weighted by Gasteiger charge is -2.24. The Morgan fingerprint density at radius 2 is 2.23 bits per heavy atom. The first-order valence-corrected chi connectivity index (χ1v) is 7.10. The molecule has 1 aromatic carbocycles. The number of ether oxygens (including phenoxy) is 2. The zero-order valence-electron chi connectivity index (χ0n) is 11.9. The number of carbonyl (C=O) groups excluding carboxylic acids is 2. The highest BCUT2D eigenvalue weighted by Gasteiger charge is 2.65. The topological polar surface area (TPSA) is 78.9 Å². The number of para-hydroxylation sites is 2. The Bertz CT molecular complexity index is 700. The second kappa shape index (κ2) is 4.33. The summed E-state index contributed by atoms with van der Waals surface area (Å²) in [5.41, 5.74) is -0.246. The van der Waals surface area contributed by atoms with Crippen molar-refractivity contribution in [1.29, 1.82) is 0 Å². The van der Waals surface area contributed by atoms with Crippen LogP contribution in [-0.2, 0) is 14.3 Å². The average molecular weight is 300 g/mol. The van der Waals surface area contributed by atoms with E-state index in [9.17, 15) is 14.7 Å². The predicted molar refractivity (Wildman–Crippen MR) is 74.1 cm³/mol. The second-order valence-electron chi connectivity index (χ2n) is 5.82. The smallest absolute Gasteiger partial charge is 0.234 e. The Kier molecular flexibility index (Phi) is 2.62. The fourth-order valence-electron chi connectivity index (χ4n) is 3.82. The molecule has 1 aromatic rings. The molecule has 0 unspecified atom stereocenters. The summed E-state index contributed by atoms with van der Waals surface area (Å²) in [6.45, 7) is 0.285. The highest BCUT2D eigenvalue weighted by atomic mass is 16.5. The van der Waals surface area contributed by atoms with Crippen molar-refractivity contribution in [3.05, 3.63) is 36.4 Å². The minimum absolute atomic E-state index is 0.259. The minimum atomic E-state index is -1.24. The van der Waals surface area contributed by atoms with Crippen molar-refractivity contribution < 1.29 is 24.2 Å². The molecule has 0 radical (unpaired) electrons. The largest absolute Gasteiger partial charge is 0.550 e. The number of hydrogen-bond acceptors (Lipinski definition) is 5. The molecule has 0 aliphatic carbocycles. The van der Waals surface area contributed by atoms with E-state index in [1.54, 1.807) is 29.2 Å². The van der Waals surface area contributed by atoms with Crippen molar-refractivity contribution in [1.82, 2.24) is 0 Å². The first-order valence-electron chi connectivity index (χ1n) is 7.10. The van der Waals surface area contributed by atoms with E-state index in [0.717, 1.165) is 0 Å². The Labute approximate surface area is 126 Å². The van der Waals surface area contributed by atoms with Crippen molar-refractivity contribution in [2.75, 3.05) is 18.6 Å². The molecule has 1 amide bonds. The molecule has 114 valence electrons. The van der Waals surface area contributed by atoms with Gasteiger partial charge in [0.2, 0.25) is 5.91 Å². The van der Waals surface area contributed by atoms with E-state index >= 15 is 0 Å². The fraction of sp³-hybridized carbons (Fsp3) is 0.375. The van der Waals surface area contributed by atoms with Gasteiger partial charge in [-0.15, -0.1) is 0 Å². The average Bonchev–Trinajstić information content (AvgIpc) is 3.15. The van der Waals surface area contributed by atoms with Crippen LogP contribution in [0.3, 0.4) is 0 Å². The van der Waals surface area contributed by atoms with Gasteiger partial charge in [-0.05, 0) is 12.1 Å². The zero-order valence-corrected chi connectivity index (χ0v) is 11.9. The van der Waals surface area contributed by atoms with Crippen molar-refractivity contribution >= 4 is 17.6 Å². The standard InChI is InChI=1S/C16H15NO5/c1-21-10-5-3-2-4-9(10)17-8-16-7-6-11(22-16)12(15(19)20)13(16)14(17)18/h2-7,11-13H,8H2,1H3,(H,19,20)/p-1/t11-,12-,13+,16+/m0/s1. The van der Waals surface area contributed by atoms with Gasteiger partial charge < -0.3 is 24.3 Å². The maximum atomic E-state index is 12.8. The number of carbonyl (C=O) groups is 2. The molecular formula is C16H14NO5-. The van der Waals surface area contributed by atoms with E-state index in [2.05, 4.69) is 0 Å². The highest BCUT2D eigenvalue weighted by Crippen LogP contribution is 2.53. The van der Waals surface area contributed by atoms with E-state index in [1.807, 2.05) is 12.1 Å². The maximum absolute atomic E-state index is 12.8. The molecule has 1 spiro atoms. The van der Waals surface area contributed by atoms with Crippen LogP contribution in [0.2, 0.25) is 0 Å². The number of hydrogen-bond donors (Lipinski definition) is 0. The van der Waals surface area contributed by atoms with Gasteiger partial charge in [0.1, 0.15) is 11.4 Å². The predicted octanol–water partition coefficient (Wildman–Crippen LogP) is -0.269. The van der Waals surface area contributed by atoms with Crippen LogP contribution in [0, 0.1) is 11.8 Å². The molecule has 4 atom stereocenters. The van der Waals surface area contributed by atoms with E-state index in [-0.39, 0.29) is 12.5 Å². The van der Waals surface area contributed by atoms with Gasteiger partial charge >= 0.3 is 0 Å². The lowest BCUT2D eigenvalue weighted by Crippen LogP contribution is -2.45. The molecule has 0 aromatic heterocycles. The normalized spacial score (nSPS) is 35.0. The van der Waals surface area contributed by atoms with E-state index in [0.29, 0.717) is 11.4 Å². The molecule has 2 saturated heterocycles. The molecule has 22 heavy (non-hydrogen) atoms. The SMILES string of the molecule is COc1ccccc1N1C[C@@]23C=C[C@H](O2)[C@H](C(=O)[O-])[C@@H]3C1=O. The van der Waals surface area contributed by atoms with Gasteiger partial charge in [0.15, 0.2) is 0 Å². The Hall–Kier alpha value is -2.34. The van der Waals surface area contributed by atoms with Gasteiger partial charge in [-0.2, -0.15) is 0 Å². The van der Waals surface area contributed by atoms with Crippen molar-refractivity contribution in [3.8, 4) is 5.75 Å². The van der Waals surface area contributed by atoms with Gasteiger partial charge in [0.25, 0.3) is 0 Å². The number of nitrogens with zero attached hydrogens (tertiary/aromatic N) is 1. The number of rotatable bonds is 3. The number of aliphatic carboxylic acids is 1. The molecule has 3 aliphatic rings. The van der Waals surface area contributed by atoms with E-state index in [1.165, 1.54) is 7.11 Å². The van der Waals surface area contributed by atoms with Gasteiger partial charge in [0, 0.05) is 11.9 Å². The van der Waals surface area contributed by atoms with Crippen LogP contribution in [0.1, 0.15) is 0 Å². The van der Waals surface area contributed by atoms with Crippen molar-refractivity contribution in [2.45, 2.75) is 11.7 Å². The van der Waals surface area contributed by atoms with Crippen LogP contribution in [0.15, 0.2) is 36.4 Å². The summed E-state index contributed by atoms with van der Waals surface area (Å²) in [5.74, 6) is -2.60. The highest BCUT2D eigenvalue weighted by molar-refractivity contribution is 6.03. The van der Waals surface area contributed by atoms with Gasteiger partial charge in [-0.1, -0.05) is 24.3 Å². The van der Waals surface area contributed by atoms with Gasteiger partial charge in [0.05, 0.1) is 31.4 Å². The molecular weight excluding hydrogens is 286 g/mol. The Balaban J connectivity index is 1.77.